The van der Waals surface area contributed by atoms with Gasteiger partial charge in [-0.15, -0.1) is 5.10 Å². The Balaban J connectivity index is 1.66. The van der Waals surface area contributed by atoms with Crippen LogP contribution >= 0.6 is 15.9 Å². The third-order valence-corrected chi connectivity index (χ3v) is 4.11. The predicted octanol–water partition coefficient (Wildman–Crippen LogP) is 4.19. The summed E-state index contributed by atoms with van der Waals surface area (Å²) in [6.07, 6.45) is 2.96. The minimum Gasteiger partial charge on any atom is -0.461 e. The average molecular weight is 413 g/mol. The highest BCUT2D eigenvalue weighted by molar-refractivity contribution is 9.10. The molecule has 4 aromatic rings. The molecule has 0 bridgehead atoms. The lowest BCUT2D eigenvalue weighted by Gasteiger charge is -2.06. The summed E-state index contributed by atoms with van der Waals surface area (Å²) in [5.41, 5.74) is 1.03. The van der Waals surface area contributed by atoms with E-state index in [0.717, 1.165) is 10.0 Å². The number of carbonyl (C=O) groups excluding carboxylic acids is 1. The number of aromatic nitrogens is 3. The van der Waals surface area contributed by atoms with Crippen molar-refractivity contribution in [1.29, 1.82) is 0 Å². The summed E-state index contributed by atoms with van der Waals surface area (Å²) >= 11 is 3.44. The maximum atomic E-state index is 12.7. The summed E-state index contributed by atoms with van der Waals surface area (Å²) in [6, 6.07) is 14.5. The van der Waals surface area contributed by atoms with Crippen molar-refractivity contribution >= 4 is 27.8 Å². The maximum Gasteiger partial charge on any atom is 0.317 e. The van der Waals surface area contributed by atoms with Crippen molar-refractivity contribution in [3.05, 3.63) is 76.9 Å². The molecule has 8 heteroatoms. The Bertz CT molecular complexity index is 1020. The van der Waals surface area contributed by atoms with Gasteiger partial charge in [-0.05, 0) is 42.0 Å². The topological polar surface area (TPSA) is 86.1 Å². The first kappa shape index (κ1) is 16.3. The minimum atomic E-state index is -0.419. The molecule has 26 heavy (non-hydrogen) atoms. The van der Waals surface area contributed by atoms with Crippen LogP contribution in [0.3, 0.4) is 0 Å². The van der Waals surface area contributed by atoms with E-state index in [0.29, 0.717) is 24.1 Å². The van der Waals surface area contributed by atoms with E-state index in [4.69, 9.17) is 8.83 Å². The second-order valence-electron chi connectivity index (χ2n) is 5.41. The van der Waals surface area contributed by atoms with Gasteiger partial charge >= 0.3 is 5.91 Å². The lowest BCUT2D eigenvalue weighted by molar-refractivity contribution is 0.0919. The number of halogens is 1. The smallest absolute Gasteiger partial charge is 0.317 e. The molecule has 0 aliphatic carbocycles. The van der Waals surface area contributed by atoms with E-state index in [2.05, 4.69) is 31.3 Å². The number of benzene rings is 1. The van der Waals surface area contributed by atoms with E-state index in [1.807, 2.05) is 24.3 Å². The standard InChI is InChI=1S/C18H13BrN4O3/c19-13-5-1-4-12(10-13)11-20-18-21-16(14-6-2-8-25-14)22-23(18)17(24)15-7-3-9-26-15/h1-10H,11H2,(H,20,21,22). The van der Waals surface area contributed by atoms with Crippen LogP contribution in [-0.4, -0.2) is 20.7 Å². The quantitative estimate of drug-likeness (QED) is 0.528. The normalized spacial score (nSPS) is 10.8. The van der Waals surface area contributed by atoms with Gasteiger partial charge in [0, 0.05) is 11.0 Å². The van der Waals surface area contributed by atoms with Crippen LogP contribution < -0.4 is 5.32 Å². The number of anilines is 1. The lowest BCUT2D eigenvalue weighted by atomic mass is 10.2. The van der Waals surface area contributed by atoms with Crippen LogP contribution in [0.4, 0.5) is 5.95 Å². The summed E-state index contributed by atoms with van der Waals surface area (Å²) in [5.74, 6) is 0.842. The highest BCUT2D eigenvalue weighted by atomic mass is 79.9. The Labute approximate surface area is 156 Å². The van der Waals surface area contributed by atoms with Crippen LogP contribution in [0.2, 0.25) is 0 Å². The van der Waals surface area contributed by atoms with Gasteiger partial charge in [-0.3, -0.25) is 4.79 Å². The summed E-state index contributed by atoms with van der Waals surface area (Å²) < 4.78 is 12.7. The van der Waals surface area contributed by atoms with Crippen LogP contribution in [0.5, 0.6) is 0 Å². The van der Waals surface area contributed by atoms with Gasteiger partial charge in [0.15, 0.2) is 11.5 Å². The fourth-order valence-electron chi connectivity index (χ4n) is 2.41. The van der Waals surface area contributed by atoms with Gasteiger partial charge in [0.1, 0.15) is 0 Å². The Morgan fingerprint density at radius 1 is 1.12 bits per heavy atom. The van der Waals surface area contributed by atoms with Crippen LogP contribution in [0.15, 0.2) is 74.4 Å². The zero-order chi connectivity index (χ0) is 17.9. The van der Waals surface area contributed by atoms with E-state index in [1.54, 1.807) is 24.3 Å². The number of nitrogens with zero attached hydrogens (tertiary/aromatic N) is 3. The monoisotopic (exact) mass is 412 g/mol. The Morgan fingerprint density at radius 3 is 2.69 bits per heavy atom. The van der Waals surface area contributed by atoms with Crippen LogP contribution in [0.1, 0.15) is 16.1 Å². The Hall–Kier alpha value is -3.13. The Kier molecular flexibility index (Phi) is 4.40. The first-order valence-electron chi connectivity index (χ1n) is 7.78. The molecule has 3 aromatic heterocycles. The molecule has 0 aliphatic heterocycles. The van der Waals surface area contributed by atoms with Gasteiger partial charge in [-0.2, -0.15) is 9.67 Å². The summed E-state index contributed by atoms with van der Waals surface area (Å²) in [7, 11) is 0. The fourth-order valence-corrected chi connectivity index (χ4v) is 2.86. The van der Waals surface area contributed by atoms with Crippen molar-refractivity contribution in [2.75, 3.05) is 5.32 Å². The predicted molar refractivity (Wildman–Crippen MR) is 97.6 cm³/mol. The summed E-state index contributed by atoms with van der Waals surface area (Å²) in [5, 5.41) is 7.42. The third-order valence-electron chi connectivity index (χ3n) is 3.61. The van der Waals surface area contributed by atoms with Crippen LogP contribution in [0.25, 0.3) is 11.6 Å². The van der Waals surface area contributed by atoms with Crippen molar-refractivity contribution in [1.82, 2.24) is 14.8 Å². The number of hydrogen-bond acceptors (Lipinski definition) is 6. The number of hydrogen-bond donors (Lipinski definition) is 1. The molecule has 0 saturated heterocycles. The zero-order valence-electron chi connectivity index (χ0n) is 13.4. The Morgan fingerprint density at radius 2 is 1.96 bits per heavy atom. The molecule has 0 amide bonds. The van der Waals surface area contributed by atoms with E-state index in [-0.39, 0.29) is 5.76 Å². The highest BCUT2D eigenvalue weighted by Crippen LogP contribution is 2.20. The minimum absolute atomic E-state index is 0.173. The molecule has 0 radical (unpaired) electrons. The van der Waals surface area contributed by atoms with E-state index in [9.17, 15) is 4.79 Å². The second-order valence-corrected chi connectivity index (χ2v) is 6.33. The molecule has 7 nitrogen and oxygen atoms in total. The molecule has 0 unspecified atom stereocenters. The van der Waals surface area contributed by atoms with Gasteiger partial charge in [-0.25, -0.2) is 0 Å². The van der Waals surface area contributed by atoms with Crippen molar-refractivity contribution < 1.29 is 13.6 Å². The molecular weight excluding hydrogens is 400 g/mol. The molecule has 130 valence electrons. The molecule has 0 aliphatic rings. The molecule has 1 N–H and O–H groups in total. The summed E-state index contributed by atoms with van der Waals surface area (Å²) in [6.45, 7) is 0.473. The maximum absolute atomic E-state index is 12.7. The van der Waals surface area contributed by atoms with E-state index >= 15 is 0 Å². The van der Waals surface area contributed by atoms with Gasteiger partial charge in [-0.1, -0.05) is 28.1 Å². The van der Waals surface area contributed by atoms with Gasteiger partial charge in [0.2, 0.25) is 11.8 Å². The van der Waals surface area contributed by atoms with E-state index in [1.165, 1.54) is 17.2 Å². The van der Waals surface area contributed by atoms with E-state index < -0.39 is 5.91 Å². The van der Waals surface area contributed by atoms with Crippen molar-refractivity contribution in [2.45, 2.75) is 6.54 Å². The SMILES string of the molecule is O=C(c1ccco1)n1nc(-c2ccco2)nc1NCc1cccc(Br)c1. The fraction of sp³-hybridized carbons (Fsp3) is 0.0556. The van der Waals surface area contributed by atoms with Gasteiger partial charge in [0.25, 0.3) is 0 Å². The molecule has 0 saturated carbocycles. The molecule has 0 spiro atoms. The number of furan rings is 2. The van der Waals surface area contributed by atoms with Crippen molar-refractivity contribution in [3.63, 3.8) is 0 Å². The molecule has 0 fully saturated rings. The van der Waals surface area contributed by atoms with Gasteiger partial charge in [0.05, 0.1) is 12.5 Å². The average Bonchev–Trinajstić information content (AvgIpc) is 3.40. The largest absolute Gasteiger partial charge is 0.461 e. The summed E-state index contributed by atoms with van der Waals surface area (Å²) in [4.78, 5) is 17.1. The van der Waals surface area contributed by atoms with Gasteiger partial charge < -0.3 is 14.2 Å². The van der Waals surface area contributed by atoms with Crippen molar-refractivity contribution in [3.8, 4) is 11.6 Å². The molecular formula is C18H13BrN4O3. The van der Waals surface area contributed by atoms with Crippen molar-refractivity contribution in [2.24, 2.45) is 0 Å². The zero-order valence-corrected chi connectivity index (χ0v) is 15.0. The lowest BCUT2D eigenvalue weighted by Crippen LogP contribution is -2.17. The third kappa shape index (κ3) is 3.31. The molecule has 1 aromatic carbocycles. The number of carbonyl (C=O) groups is 1. The highest BCUT2D eigenvalue weighted by Gasteiger charge is 2.21. The van der Waals surface area contributed by atoms with Crippen LogP contribution in [-0.2, 0) is 6.54 Å². The first-order chi connectivity index (χ1) is 12.7. The molecule has 0 atom stereocenters. The number of rotatable bonds is 5. The number of nitrogens with one attached hydrogen (secondary N) is 1. The molecule has 4 rings (SSSR count). The van der Waals surface area contributed by atoms with Crippen LogP contribution in [0, 0.1) is 0 Å². The first-order valence-corrected chi connectivity index (χ1v) is 8.57. The molecule has 3 heterocycles. The second kappa shape index (κ2) is 7.01.